The lowest BCUT2D eigenvalue weighted by molar-refractivity contribution is 0.623. The second-order valence-corrected chi connectivity index (χ2v) is 5.22. The SMILES string of the molecule is CCCn1c(=O)[nH]c2c(I)cc(C)cc2c1=O. The molecule has 90 valence electrons. The first kappa shape index (κ1) is 12.3. The molecular formula is C12H13IN2O2. The fraction of sp³-hybridized carbons (Fsp3) is 0.333. The quantitative estimate of drug-likeness (QED) is 0.848. The van der Waals surface area contributed by atoms with Gasteiger partial charge in [-0.1, -0.05) is 6.92 Å². The van der Waals surface area contributed by atoms with Crippen molar-refractivity contribution in [2.45, 2.75) is 26.8 Å². The van der Waals surface area contributed by atoms with E-state index in [0.29, 0.717) is 17.4 Å². The van der Waals surface area contributed by atoms with Gasteiger partial charge in [0.05, 0.1) is 10.9 Å². The Morgan fingerprint density at radius 1 is 1.35 bits per heavy atom. The molecular weight excluding hydrogens is 331 g/mol. The van der Waals surface area contributed by atoms with E-state index in [4.69, 9.17) is 0 Å². The number of fused-ring (bicyclic) bond motifs is 1. The maximum Gasteiger partial charge on any atom is 0.328 e. The van der Waals surface area contributed by atoms with Crippen LogP contribution in [0.3, 0.4) is 0 Å². The molecule has 0 spiro atoms. The van der Waals surface area contributed by atoms with E-state index in [1.165, 1.54) is 4.57 Å². The van der Waals surface area contributed by atoms with Crippen molar-refractivity contribution in [2.75, 3.05) is 0 Å². The molecule has 1 heterocycles. The molecule has 0 unspecified atom stereocenters. The lowest BCUT2D eigenvalue weighted by atomic mass is 10.2. The molecule has 0 saturated heterocycles. The molecule has 0 aliphatic heterocycles. The molecule has 0 radical (unpaired) electrons. The van der Waals surface area contributed by atoms with Gasteiger partial charge in [0.1, 0.15) is 0 Å². The van der Waals surface area contributed by atoms with Crippen molar-refractivity contribution in [2.24, 2.45) is 0 Å². The molecule has 0 bridgehead atoms. The molecule has 0 fully saturated rings. The van der Waals surface area contributed by atoms with Crippen molar-refractivity contribution in [1.29, 1.82) is 0 Å². The van der Waals surface area contributed by atoms with Crippen molar-refractivity contribution in [3.8, 4) is 0 Å². The van der Waals surface area contributed by atoms with Crippen molar-refractivity contribution in [3.63, 3.8) is 0 Å². The number of aromatic nitrogens is 2. The van der Waals surface area contributed by atoms with Crippen LogP contribution in [-0.2, 0) is 6.54 Å². The van der Waals surface area contributed by atoms with E-state index < -0.39 is 0 Å². The van der Waals surface area contributed by atoms with Gasteiger partial charge in [0.15, 0.2) is 0 Å². The van der Waals surface area contributed by atoms with Crippen LogP contribution < -0.4 is 11.2 Å². The summed E-state index contributed by atoms with van der Waals surface area (Å²) in [7, 11) is 0. The van der Waals surface area contributed by atoms with Crippen LogP contribution in [0.2, 0.25) is 0 Å². The van der Waals surface area contributed by atoms with Gasteiger partial charge in [0.25, 0.3) is 5.56 Å². The summed E-state index contributed by atoms with van der Waals surface area (Å²) in [5.41, 5.74) is 1.13. The van der Waals surface area contributed by atoms with Crippen LogP contribution in [0.15, 0.2) is 21.7 Å². The van der Waals surface area contributed by atoms with Crippen LogP contribution in [0.25, 0.3) is 10.9 Å². The summed E-state index contributed by atoms with van der Waals surface area (Å²) in [5, 5.41) is 0.586. The Labute approximate surface area is 112 Å². The van der Waals surface area contributed by atoms with Gasteiger partial charge in [-0.25, -0.2) is 4.79 Å². The summed E-state index contributed by atoms with van der Waals surface area (Å²) in [4.78, 5) is 26.7. The smallest absolute Gasteiger partial charge is 0.306 e. The zero-order valence-electron chi connectivity index (χ0n) is 9.71. The normalized spacial score (nSPS) is 11.0. The minimum absolute atomic E-state index is 0.202. The topological polar surface area (TPSA) is 54.9 Å². The molecule has 1 aromatic carbocycles. The predicted octanol–water partition coefficient (Wildman–Crippen LogP) is 2.01. The fourth-order valence-corrected chi connectivity index (χ4v) is 2.79. The summed E-state index contributed by atoms with van der Waals surface area (Å²) in [6.45, 7) is 4.33. The number of halogens is 1. The molecule has 17 heavy (non-hydrogen) atoms. The van der Waals surface area contributed by atoms with Gasteiger partial charge < -0.3 is 4.98 Å². The first-order valence-electron chi connectivity index (χ1n) is 5.47. The second kappa shape index (κ2) is 4.64. The zero-order chi connectivity index (χ0) is 12.6. The number of rotatable bonds is 2. The molecule has 0 aliphatic rings. The van der Waals surface area contributed by atoms with E-state index in [9.17, 15) is 9.59 Å². The third-order valence-corrected chi connectivity index (χ3v) is 3.49. The number of nitrogens with zero attached hydrogens (tertiary/aromatic N) is 1. The molecule has 1 N–H and O–H groups in total. The van der Waals surface area contributed by atoms with E-state index in [2.05, 4.69) is 27.6 Å². The monoisotopic (exact) mass is 344 g/mol. The van der Waals surface area contributed by atoms with Gasteiger partial charge in [-0.05, 0) is 53.6 Å². The van der Waals surface area contributed by atoms with Gasteiger partial charge >= 0.3 is 5.69 Å². The maximum absolute atomic E-state index is 12.2. The van der Waals surface area contributed by atoms with Crippen molar-refractivity contribution in [1.82, 2.24) is 9.55 Å². The highest BCUT2D eigenvalue weighted by atomic mass is 127. The van der Waals surface area contributed by atoms with Crippen molar-refractivity contribution < 1.29 is 0 Å². The van der Waals surface area contributed by atoms with Gasteiger partial charge in [0, 0.05) is 10.1 Å². The van der Waals surface area contributed by atoms with Gasteiger partial charge in [-0.2, -0.15) is 0 Å². The lowest BCUT2D eigenvalue weighted by Gasteiger charge is -2.06. The zero-order valence-corrected chi connectivity index (χ0v) is 11.9. The highest BCUT2D eigenvalue weighted by molar-refractivity contribution is 14.1. The molecule has 0 saturated carbocycles. The minimum atomic E-state index is -0.328. The summed E-state index contributed by atoms with van der Waals surface area (Å²) in [6.07, 6.45) is 0.761. The van der Waals surface area contributed by atoms with Crippen LogP contribution in [0.1, 0.15) is 18.9 Å². The van der Waals surface area contributed by atoms with E-state index >= 15 is 0 Å². The van der Waals surface area contributed by atoms with Crippen molar-refractivity contribution >= 4 is 33.5 Å². The molecule has 2 rings (SSSR count). The van der Waals surface area contributed by atoms with Crippen LogP contribution in [0.5, 0.6) is 0 Å². The average Bonchev–Trinajstić information content (AvgIpc) is 2.26. The largest absolute Gasteiger partial charge is 0.328 e. The van der Waals surface area contributed by atoms with E-state index in [0.717, 1.165) is 15.6 Å². The number of benzene rings is 1. The van der Waals surface area contributed by atoms with Crippen LogP contribution >= 0.6 is 22.6 Å². The third-order valence-electron chi connectivity index (χ3n) is 2.63. The van der Waals surface area contributed by atoms with Gasteiger partial charge in [-0.3, -0.25) is 9.36 Å². The Morgan fingerprint density at radius 2 is 2.06 bits per heavy atom. The maximum atomic E-state index is 12.2. The Hall–Kier alpha value is -1.11. The summed E-state index contributed by atoms with van der Waals surface area (Å²) < 4.78 is 2.16. The third kappa shape index (κ3) is 2.15. The Kier molecular flexibility index (Phi) is 3.37. The van der Waals surface area contributed by atoms with Crippen LogP contribution in [-0.4, -0.2) is 9.55 Å². The fourth-order valence-electron chi connectivity index (χ4n) is 1.88. The number of H-pyrrole nitrogens is 1. The Bertz CT molecular complexity index is 685. The summed E-state index contributed by atoms with van der Waals surface area (Å²) in [5.74, 6) is 0. The predicted molar refractivity (Wildman–Crippen MR) is 76.6 cm³/mol. The number of hydrogen-bond acceptors (Lipinski definition) is 2. The number of aryl methyl sites for hydroxylation is 1. The first-order valence-corrected chi connectivity index (χ1v) is 6.55. The van der Waals surface area contributed by atoms with Gasteiger partial charge in [-0.15, -0.1) is 0 Å². The Balaban J connectivity index is 2.92. The Morgan fingerprint density at radius 3 is 2.71 bits per heavy atom. The number of nitrogens with one attached hydrogen (secondary N) is 1. The molecule has 4 nitrogen and oxygen atoms in total. The highest BCUT2D eigenvalue weighted by Gasteiger charge is 2.09. The number of hydrogen-bond donors (Lipinski definition) is 1. The second-order valence-electron chi connectivity index (χ2n) is 4.06. The molecule has 0 amide bonds. The standard InChI is InChI=1S/C12H13IN2O2/c1-3-4-15-11(16)8-5-7(2)6-9(13)10(8)14-12(15)17/h5-6H,3-4H2,1-2H3,(H,14,17). The minimum Gasteiger partial charge on any atom is -0.306 e. The molecule has 0 aliphatic carbocycles. The van der Waals surface area contributed by atoms with Crippen molar-refractivity contribution in [3.05, 3.63) is 42.1 Å². The van der Waals surface area contributed by atoms with Crippen LogP contribution in [0.4, 0.5) is 0 Å². The number of aromatic amines is 1. The van der Waals surface area contributed by atoms with E-state index in [1.54, 1.807) is 0 Å². The van der Waals surface area contributed by atoms with E-state index in [-0.39, 0.29) is 11.2 Å². The summed E-state index contributed by atoms with van der Waals surface area (Å²) >= 11 is 2.13. The van der Waals surface area contributed by atoms with Crippen LogP contribution in [0, 0.1) is 10.5 Å². The molecule has 5 heteroatoms. The molecule has 2 aromatic rings. The molecule has 0 atom stereocenters. The highest BCUT2D eigenvalue weighted by Crippen LogP contribution is 2.16. The average molecular weight is 344 g/mol. The molecule has 1 aromatic heterocycles. The van der Waals surface area contributed by atoms with E-state index in [1.807, 2.05) is 26.0 Å². The summed E-state index contributed by atoms with van der Waals surface area (Å²) in [6, 6.07) is 3.77. The van der Waals surface area contributed by atoms with Gasteiger partial charge in [0.2, 0.25) is 0 Å². The first-order chi connectivity index (χ1) is 8.04. The lowest BCUT2D eigenvalue weighted by Crippen LogP contribution is -2.35.